The average Bonchev–Trinajstić information content (AvgIpc) is 2.35. The molecule has 5 heteroatoms. The van der Waals surface area contributed by atoms with Gasteiger partial charge in [-0.3, -0.25) is 9.59 Å². The molecular formula is C17H24O5. The maximum Gasteiger partial charge on any atom is 0.202 e. The van der Waals surface area contributed by atoms with Gasteiger partial charge in [0.2, 0.25) is 11.6 Å². The van der Waals surface area contributed by atoms with Gasteiger partial charge in [-0.15, -0.1) is 5.73 Å². The molecule has 3 N–H and O–H groups in total. The van der Waals surface area contributed by atoms with Gasteiger partial charge in [-0.2, -0.15) is 0 Å². The second kappa shape index (κ2) is 16.9. The highest BCUT2D eigenvalue weighted by Gasteiger charge is 1.84. The molecule has 0 heterocycles. The molecule has 0 aromatic rings. The van der Waals surface area contributed by atoms with Crippen molar-refractivity contribution in [3.63, 3.8) is 0 Å². The van der Waals surface area contributed by atoms with E-state index in [1.54, 1.807) is 6.92 Å². The zero-order valence-electron chi connectivity index (χ0n) is 13.7. The van der Waals surface area contributed by atoms with Gasteiger partial charge in [0.1, 0.15) is 12.2 Å². The number of aliphatic hydroxyl groups excluding tert-OH is 3. The van der Waals surface area contributed by atoms with Crippen LogP contribution in [0.25, 0.3) is 0 Å². The lowest BCUT2D eigenvalue weighted by Gasteiger charge is -1.84. The van der Waals surface area contributed by atoms with Crippen LogP contribution < -0.4 is 0 Å². The first-order valence-corrected chi connectivity index (χ1v) is 6.47. The Morgan fingerprint density at radius 3 is 1.27 bits per heavy atom. The Balaban J connectivity index is -0.000000249. The van der Waals surface area contributed by atoms with Gasteiger partial charge in [0.25, 0.3) is 0 Å². The fourth-order valence-corrected chi connectivity index (χ4v) is 0.583. The van der Waals surface area contributed by atoms with Gasteiger partial charge in [0.05, 0.1) is 6.10 Å². The Morgan fingerprint density at radius 1 is 0.909 bits per heavy atom. The van der Waals surface area contributed by atoms with Crippen molar-refractivity contribution in [1.29, 1.82) is 0 Å². The minimum absolute atomic E-state index is 0.217. The van der Waals surface area contributed by atoms with Crippen LogP contribution in [0.15, 0.2) is 18.4 Å². The number of hydrogen-bond acceptors (Lipinski definition) is 5. The zero-order valence-corrected chi connectivity index (χ0v) is 13.7. The van der Waals surface area contributed by atoms with Crippen molar-refractivity contribution in [2.45, 2.75) is 52.9 Å². The molecule has 22 heavy (non-hydrogen) atoms. The third-order valence-corrected chi connectivity index (χ3v) is 1.27. The van der Waals surface area contributed by atoms with Gasteiger partial charge in [-0.1, -0.05) is 18.4 Å². The Bertz CT molecular complexity index is 451. The van der Waals surface area contributed by atoms with E-state index < -0.39 is 18.3 Å². The molecule has 0 spiro atoms. The number of carbonyl (C=O) groups excluding carboxylic acids is 2. The van der Waals surface area contributed by atoms with Gasteiger partial charge in [0, 0.05) is 13.8 Å². The van der Waals surface area contributed by atoms with E-state index in [9.17, 15) is 9.59 Å². The van der Waals surface area contributed by atoms with Gasteiger partial charge in [-0.25, -0.2) is 0 Å². The first-order valence-electron chi connectivity index (χ1n) is 6.47. The quantitative estimate of drug-likeness (QED) is 0.375. The number of hydrogen-bond donors (Lipinski definition) is 3. The highest BCUT2D eigenvalue weighted by Crippen LogP contribution is 1.75. The van der Waals surface area contributed by atoms with Crippen LogP contribution in [0.3, 0.4) is 0 Å². The summed E-state index contributed by atoms with van der Waals surface area (Å²) in [5.74, 6) is 8.58. The monoisotopic (exact) mass is 308 g/mol. The Kier molecular flexibility index (Phi) is 19.1. The van der Waals surface area contributed by atoms with Crippen molar-refractivity contribution in [2.24, 2.45) is 0 Å². The van der Waals surface area contributed by atoms with Crippen molar-refractivity contribution >= 4 is 11.6 Å². The lowest BCUT2D eigenvalue weighted by atomic mass is 10.4. The topological polar surface area (TPSA) is 94.8 Å². The second-order valence-electron chi connectivity index (χ2n) is 4.11. The summed E-state index contributed by atoms with van der Waals surface area (Å²) < 4.78 is 0. The van der Waals surface area contributed by atoms with E-state index >= 15 is 0 Å². The Hall–Kier alpha value is -2.14. The molecule has 0 bridgehead atoms. The van der Waals surface area contributed by atoms with Gasteiger partial charge < -0.3 is 15.3 Å². The molecule has 0 aliphatic rings. The van der Waals surface area contributed by atoms with E-state index in [0.29, 0.717) is 0 Å². The average molecular weight is 308 g/mol. The van der Waals surface area contributed by atoms with E-state index in [4.69, 9.17) is 15.3 Å². The normalized spacial score (nSPS) is 11.6. The summed E-state index contributed by atoms with van der Waals surface area (Å²) in [5, 5.41) is 25.3. The van der Waals surface area contributed by atoms with Crippen LogP contribution in [0.1, 0.15) is 34.6 Å². The molecule has 5 nitrogen and oxygen atoms in total. The molecule has 0 aliphatic heterocycles. The van der Waals surface area contributed by atoms with Crippen LogP contribution in [0.2, 0.25) is 0 Å². The lowest BCUT2D eigenvalue weighted by Crippen LogP contribution is -1.94. The second-order valence-corrected chi connectivity index (χ2v) is 4.11. The van der Waals surface area contributed by atoms with Crippen LogP contribution in [0.4, 0.5) is 0 Å². The lowest BCUT2D eigenvalue weighted by molar-refractivity contribution is -0.112. The molecule has 122 valence electrons. The molecule has 0 rings (SSSR count). The summed E-state index contributed by atoms with van der Waals surface area (Å²) in [6, 6.07) is 0. The molecule has 0 aliphatic carbocycles. The number of aliphatic hydroxyl groups is 3. The van der Waals surface area contributed by atoms with E-state index in [0.717, 1.165) is 0 Å². The fourth-order valence-electron chi connectivity index (χ4n) is 0.583. The first-order chi connectivity index (χ1) is 10.0. The third-order valence-electron chi connectivity index (χ3n) is 1.27. The standard InChI is InChI=1S/2C6H8O2.C5H8O/c2*1-5(7)3-4-6(2)8;1-3-4-5(2)6/h2*5,7H,1-2H3;4-6H,1H2,2H3. The number of rotatable bonds is 1. The highest BCUT2D eigenvalue weighted by atomic mass is 16.3. The minimum atomic E-state index is -0.695. The van der Waals surface area contributed by atoms with Gasteiger partial charge in [0.15, 0.2) is 0 Å². The van der Waals surface area contributed by atoms with Crippen molar-refractivity contribution < 1.29 is 24.9 Å². The molecule has 3 unspecified atom stereocenters. The van der Waals surface area contributed by atoms with Crippen LogP contribution in [-0.2, 0) is 9.59 Å². The predicted octanol–water partition coefficient (Wildman–Crippen LogP) is 0.627. The van der Waals surface area contributed by atoms with E-state index in [2.05, 4.69) is 36.0 Å². The predicted molar refractivity (Wildman–Crippen MR) is 85.7 cm³/mol. The number of carbonyl (C=O) groups is 2. The summed E-state index contributed by atoms with van der Waals surface area (Å²) in [7, 11) is 0. The van der Waals surface area contributed by atoms with Crippen LogP contribution in [0, 0.1) is 23.7 Å². The third kappa shape index (κ3) is 43.0. The molecule has 0 saturated carbocycles. The van der Waals surface area contributed by atoms with Crippen LogP contribution in [-0.4, -0.2) is 45.2 Å². The molecule has 0 aromatic carbocycles. The Morgan fingerprint density at radius 2 is 1.23 bits per heavy atom. The van der Waals surface area contributed by atoms with Crippen LogP contribution >= 0.6 is 0 Å². The fraction of sp³-hybridized carbons (Fsp3) is 0.471. The smallest absolute Gasteiger partial charge is 0.202 e. The van der Waals surface area contributed by atoms with Crippen molar-refractivity contribution in [2.75, 3.05) is 0 Å². The maximum atomic E-state index is 10.1. The number of Topliss-reactive ketones (excluding diaryl/α,β-unsaturated/α-hetero) is 2. The molecular weight excluding hydrogens is 284 g/mol. The van der Waals surface area contributed by atoms with Crippen molar-refractivity contribution in [1.82, 2.24) is 0 Å². The molecule has 0 saturated heterocycles. The molecule has 0 aromatic heterocycles. The summed E-state index contributed by atoms with van der Waals surface area (Å²) in [4.78, 5) is 20.1. The molecule has 0 fully saturated rings. The maximum absolute atomic E-state index is 10.1. The summed E-state index contributed by atoms with van der Waals surface area (Å²) in [5.41, 5.74) is 2.44. The minimum Gasteiger partial charge on any atom is -0.389 e. The SMILES string of the molecule is C=C=CC(C)O.CC(=O)C#CC(C)O.CC(=O)C#CC(C)O. The van der Waals surface area contributed by atoms with E-state index in [-0.39, 0.29) is 11.6 Å². The first kappa shape index (κ1) is 24.9. The summed E-state index contributed by atoms with van der Waals surface area (Å²) >= 11 is 0. The van der Waals surface area contributed by atoms with E-state index in [1.807, 2.05) is 0 Å². The van der Waals surface area contributed by atoms with Crippen molar-refractivity contribution in [3.05, 3.63) is 18.4 Å². The molecule has 3 atom stereocenters. The zero-order chi connectivity index (χ0) is 18.1. The van der Waals surface area contributed by atoms with Crippen LogP contribution in [0.5, 0.6) is 0 Å². The largest absolute Gasteiger partial charge is 0.389 e. The highest BCUT2D eigenvalue weighted by molar-refractivity contribution is 5.93. The number of ketones is 2. The van der Waals surface area contributed by atoms with E-state index in [1.165, 1.54) is 33.8 Å². The Labute approximate surface area is 132 Å². The summed E-state index contributed by atoms with van der Waals surface area (Å²) in [6.07, 6.45) is -0.305. The van der Waals surface area contributed by atoms with Gasteiger partial charge >= 0.3 is 0 Å². The summed E-state index contributed by atoms with van der Waals surface area (Å²) in [6.45, 7) is 10.6. The molecule has 0 radical (unpaired) electrons. The van der Waals surface area contributed by atoms with Crippen molar-refractivity contribution in [3.8, 4) is 23.7 Å². The molecule has 0 amide bonds. The van der Waals surface area contributed by atoms with Gasteiger partial charge in [-0.05, 0) is 38.7 Å².